The van der Waals surface area contributed by atoms with E-state index in [4.69, 9.17) is 17.2 Å². The molecule has 0 aromatic heterocycles. The monoisotopic (exact) mass is 458 g/mol. The number of carbonyl (C=O) groups is 5. The summed E-state index contributed by atoms with van der Waals surface area (Å²) in [4.78, 5) is 60.0. The topological polar surface area (TPSA) is 220 Å². The van der Waals surface area contributed by atoms with Crippen LogP contribution in [-0.2, 0) is 24.0 Å². The minimum absolute atomic E-state index is 0.126. The van der Waals surface area contributed by atoms with Gasteiger partial charge in [0.2, 0.25) is 23.6 Å². The molecule has 12 heteroatoms. The lowest BCUT2D eigenvalue weighted by atomic mass is 9.98. The first-order valence-electron chi connectivity index (χ1n) is 10.8. The Morgan fingerprint density at radius 1 is 0.906 bits per heavy atom. The van der Waals surface area contributed by atoms with Crippen molar-refractivity contribution in [1.82, 2.24) is 16.0 Å². The predicted octanol–water partition coefficient (Wildman–Crippen LogP) is -1.69. The molecular formula is C20H38N6O6. The molecule has 0 saturated carbocycles. The summed E-state index contributed by atoms with van der Waals surface area (Å²) in [6.07, 6.45) is 1.98. The van der Waals surface area contributed by atoms with Crippen molar-refractivity contribution in [3.63, 3.8) is 0 Å². The lowest BCUT2D eigenvalue weighted by Crippen LogP contribution is -2.57. The van der Waals surface area contributed by atoms with Gasteiger partial charge in [-0.3, -0.25) is 19.2 Å². The summed E-state index contributed by atoms with van der Waals surface area (Å²) in [7, 11) is 0. The van der Waals surface area contributed by atoms with Crippen LogP contribution in [0.25, 0.3) is 0 Å². The highest BCUT2D eigenvalue weighted by atomic mass is 16.4. The number of aliphatic carboxylic acids is 1. The number of unbranched alkanes of at least 4 members (excludes halogenated alkanes) is 1. The van der Waals surface area contributed by atoms with Crippen LogP contribution in [-0.4, -0.2) is 65.4 Å². The van der Waals surface area contributed by atoms with Crippen molar-refractivity contribution in [2.24, 2.45) is 23.1 Å². The number of carbonyl (C=O) groups excluding carboxylic acids is 4. The van der Waals surface area contributed by atoms with Gasteiger partial charge in [0.1, 0.15) is 18.1 Å². The van der Waals surface area contributed by atoms with E-state index in [1.54, 1.807) is 13.8 Å². The van der Waals surface area contributed by atoms with Crippen molar-refractivity contribution in [3.8, 4) is 0 Å². The highest BCUT2D eigenvalue weighted by Gasteiger charge is 2.31. The van der Waals surface area contributed by atoms with Crippen LogP contribution in [0.1, 0.15) is 59.3 Å². The Morgan fingerprint density at radius 2 is 1.53 bits per heavy atom. The number of nitrogens with one attached hydrogen (secondary N) is 3. The molecule has 0 spiro atoms. The summed E-state index contributed by atoms with van der Waals surface area (Å²) < 4.78 is 0. The number of rotatable bonds is 16. The second kappa shape index (κ2) is 15.1. The summed E-state index contributed by atoms with van der Waals surface area (Å²) in [5, 5.41) is 16.7. The minimum atomic E-state index is -1.21. The van der Waals surface area contributed by atoms with E-state index >= 15 is 0 Å². The molecule has 0 aromatic rings. The third kappa shape index (κ3) is 11.0. The first kappa shape index (κ1) is 29.3. The van der Waals surface area contributed by atoms with Crippen LogP contribution >= 0.6 is 0 Å². The Kier molecular flexibility index (Phi) is 13.8. The maximum Gasteiger partial charge on any atom is 0.326 e. The maximum absolute atomic E-state index is 12.7. The molecule has 0 saturated heterocycles. The molecular weight excluding hydrogens is 420 g/mol. The average molecular weight is 459 g/mol. The molecule has 12 nitrogen and oxygen atoms in total. The van der Waals surface area contributed by atoms with Crippen molar-refractivity contribution in [2.75, 3.05) is 6.54 Å². The Bertz CT molecular complexity index is 658. The fraction of sp³-hybridized carbons (Fsp3) is 0.750. The van der Waals surface area contributed by atoms with Crippen molar-refractivity contribution in [3.05, 3.63) is 0 Å². The second-order valence-electron chi connectivity index (χ2n) is 7.90. The zero-order valence-corrected chi connectivity index (χ0v) is 19.1. The van der Waals surface area contributed by atoms with E-state index in [9.17, 15) is 29.1 Å². The van der Waals surface area contributed by atoms with E-state index in [1.165, 1.54) is 6.92 Å². The largest absolute Gasteiger partial charge is 0.480 e. The van der Waals surface area contributed by atoms with Gasteiger partial charge in [0.15, 0.2) is 0 Å². The number of hydrogen-bond donors (Lipinski definition) is 7. The van der Waals surface area contributed by atoms with Crippen LogP contribution in [0.15, 0.2) is 0 Å². The third-order valence-corrected chi connectivity index (χ3v) is 5.15. The Morgan fingerprint density at radius 3 is 2.03 bits per heavy atom. The van der Waals surface area contributed by atoms with Gasteiger partial charge in [-0.1, -0.05) is 26.7 Å². The molecule has 0 aliphatic rings. The van der Waals surface area contributed by atoms with E-state index < -0.39 is 53.8 Å². The van der Waals surface area contributed by atoms with Crippen LogP contribution in [0.2, 0.25) is 0 Å². The van der Waals surface area contributed by atoms with Gasteiger partial charge in [0, 0.05) is 6.42 Å². The number of primary amides is 1. The fourth-order valence-corrected chi connectivity index (χ4v) is 2.81. The van der Waals surface area contributed by atoms with Gasteiger partial charge in [-0.25, -0.2) is 4.79 Å². The van der Waals surface area contributed by atoms with E-state index in [-0.39, 0.29) is 18.8 Å². The van der Waals surface area contributed by atoms with Gasteiger partial charge >= 0.3 is 5.97 Å². The summed E-state index contributed by atoms with van der Waals surface area (Å²) in [6.45, 7) is 5.36. The molecule has 4 amide bonds. The van der Waals surface area contributed by atoms with Crippen molar-refractivity contribution in [2.45, 2.75) is 83.5 Å². The molecule has 0 aromatic carbocycles. The molecule has 0 fully saturated rings. The summed E-state index contributed by atoms with van der Waals surface area (Å²) in [6, 6.07) is -4.20. The quantitative estimate of drug-likeness (QED) is 0.132. The van der Waals surface area contributed by atoms with Crippen LogP contribution in [0.4, 0.5) is 0 Å². The molecule has 32 heavy (non-hydrogen) atoms. The molecule has 0 aliphatic heterocycles. The van der Waals surface area contributed by atoms with Gasteiger partial charge in [-0.2, -0.15) is 0 Å². The number of nitrogens with two attached hydrogens (primary N) is 3. The van der Waals surface area contributed by atoms with Crippen molar-refractivity contribution >= 4 is 29.6 Å². The van der Waals surface area contributed by atoms with Crippen molar-refractivity contribution < 1.29 is 29.1 Å². The number of hydrogen-bond acceptors (Lipinski definition) is 7. The normalized spacial score (nSPS) is 15.5. The van der Waals surface area contributed by atoms with E-state index in [1.807, 2.05) is 0 Å². The molecule has 0 aliphatic carbocycles. The van der Waals surface area contributed by atoms with Crippen molar-refractivity contribution in [1.29, 1.82) is 0 Å². The smallest absolute Gasteiger partial charge is 0.326 e. The SMILES string of the molecule is CCC(C)C(NC(=O)C(CCC(N)=O)NC(=O)C(C)NC(=O)C(N)CCCCN)C(=O)O. The first-order valence-corrected chi connectivity index (χ1v) is 10.8. The third-order valence-electron chi connectivity index (χ3n) is 5.15. The molecule has 5 unspecified atom stereocenters. The zero-order chi connectivity index (χ0) is 24.8. The van der Waals surface area contributed by atoms with Crippen LogP contribution < -0.4 is 33.2 Å². The summed E-state index contributed by atoms with van der Waals surface area (Å²) in [5.74, 6) is -4.22. The maximum atomic E-state index is 12.7. The molecule has 184 valence electrons. The van der Waals surface area contributed by atoms with Crippen LogP contribution in [0, 0.1) is 5.92 Å². The standard InChI is InChI=1S/C20H38N6O6/c1-4-11(2)16(20(31)32)26-19(30)14(8-9-15(23)27)25-17(28)12(3)24-18(29)13(22)7-5-6-10-21/h11-14,16H,4-10,21-22H2,1-3H3,(H2,23,27)(H,24,29)(H,25,28)(H,26,30)(H,31,32). The van der Waals surface area contributed by atoms with Crippen LogP contribution in [0.3, 0.4) is 0 Å². The predicted molar refractivity (Wildman–Crippen MR) is 118 cm³/mol. The lowest BCUT2D eigenvalue weighted by molar-refractivity contribution is -0.144. The molecule has 0 bridgehead atoms. The highest BCUT2D eigenvalue weighted by molar-refractivity contribution is 5.94. The van der Waals surface area contributed by atoms with Gasteiger partial charge in [-0.15, -0.1) is 0 Å². The Labute approximate surface area is 188 Å². The fourth-order valence-electron chi connectivity index (χ4n) is 2.81. The number of amides is 4. The number of carboxylic acids is 1. The first-order chi connectivity index (χ1) is 14.9. The summed E-state index contributed by atoms with van der Waals surface area (Å²) in [5.41, 5.74) is 16.4. The molecule has 5 atom stereocenters. The highest BCUT2D eigenvalue weighted by Crippen LogP contribution is 2.09. The van der Waals surface area contributed by atoms with Gasteiger partial charge in [0.05, 0.1) is 6.04 Å². The number of carboxylic acid groups (broad SMARTS) is 1. The van der Waals surface area contributed by atoms with Gasteiger partial charge < -0.3 is 38.3 Å². The van der Waals surface area contributed by atoms with Gasteiger partial charge in [-0.05, 0) is 38.6 Å². The van der Waals surface area contributed by atoms with E-state index in [0.29, 0.717) is 25.8 Å². The summed E-state index contributed by atoms with van der Waals surface area (Å²) >= 11 is 0. The molecule has 10 N–H and O–H groups in total. The van der Waals surface area contributed by atoms with E-state index in [0.717, 1.165) is 6.42 Å². The molecule has 0 rings (SSSR count). The Hall–Kier alpha value is -2.73. The average Bonchev–Trinajstić information content (AvgIpc) is 2.73. The molecule has 0 radical (unpaired) electrons. The Balaban J connectivity index is 5.13. The minimum Gasteiger partial charge on any atom is -0.480 e. The van der Waals surface area contributed by atoms with E-state index in [2.05, 4.69) is 16.0 Å². The van der Waals surface area contributed by atoms with Crippen LogP contribution in [0.5, 0.6) is 0 Å². The zero-order valence-electron chi connectivity index (χ0n) is 19.1. The van der Waals surface area contributed by atoms with Gasteiger partial charge in [0.25, 0.3) is 0 Å². The second-order valence-corrected chi connectivity index (χ2v) is 7.90. The molecule has 0 heterocycles. The lowest BCUT2D eigenvalue weighted by Gasteiger charge is -2.25.